The molecule has 0 bridgehead atoms. The Labute approximate surface area is 161 Å². The van der Waals surface area contributed by atoms with Gasteiger partial charge in [-0.25, -0.2) is 0 Å². The SMILES string of the molecule is COc1cc(N)c(Cl)cc1C(=O)N(C)C1CCN(C)C(C)C1.Cl.Cl. The number of hydrogen-bond donors (Lipinski definition) is 1. The summed E-state index contributed by atoms with van der Waals surface area (Å²) in [5, 5.41) is 0.370. The lowest BCUT2D eigenvalue weighted by Crippen LogP contribution is -2.48. The van der Waals surface area contributed by atoms with Crippen LogP contribution >= 0.6 is 36.4 Å². The van der Waals surface area contributed by atoms with Gasteiger partial charge >= 0.3 is 0 Å². The number of rotatable bonds is 3. The van der Waals surface area contributed by atoms with Crippen molar-refractivity contribution in [3.8, 4) is 5.75 Å². The molecule has 2 atom stereocenters. The molecule has 1 aromatic carbocycles. The summed E-state index contributed by atoms with van der Waals surface area (Å²) in [5.41, 5.74) is 6.64. The largest absolute Gasteiger partial charge is 0.496 e. The van der Waals surface area contributed by atoms with Gasteiger partial charge in [0.25, 0.3) is 5.91 Å². The number of piperidine rings is 1. The molecule has 24 heavy (non-hydrogen) atoms. The number of methoxy groups -OCH3 is 1. The van der Waals surface area contributed by atoms with Gasteiger partial charge in [-0.1, -0.05) is 11.6 Å². The Balaban J connectivity index is 0.00000264. The van der Waals surface area contributed by atoms with Gasteiger partial charge in [-0.05, 0) is 32.9 Å². The Bertz CT molecular complexity index is 572. The van der Waals surface area contributed by atoms with Gasteiger partial charge in [-0.2, -0.15) is 0 Å². The molecule has 8 heteroatoms. The van der Waals surface area contributed by atoms with Crippen LogP contribution in [-0.2, 0) is 0 Å². The second-order valence-corrected chi connectivity index (χ2v) is 6.41. The van der Waals surface area contributed by atoms with Crippen LogP contribution in [0.3, 0.4) is 0 Å². The van der Waals surface area contributed by atoms with Gasteiger partial charge in [0.1, 0.15) is 5.75 Å². The van der Waals surface area contributed by atoms with E-state index in [4.69, 9.17) is 22.1 Å². The van der Waals surface area contributed by atoms with Gasteiger partial charge in [0.2, 0.25) is 0 Å². The van der Waals surface area contributed by atoms with Crippen LogP contribution in [0.5, 0.6) is 5.75 Å². The van der Waals surface area contributed by atoms with Crippen molar-refractivity contribution >= 4 is 48.0 Å². The van der Waals surface area contributed by atoms with E-state index in [1.807, 2.05) is 7.05 Å². The number of nitrogen functional groups attached to an aromatic ring is 1. The lowest BCUT2D eigenvalue weighted by molar-refractivity contribution is 0.0595. The predicted octanol–water partition coefficient (Wildman–Crippen LogP) is 3.33. The van der Waals surface area contributed by atoms with Crippen LogP contribution < -0.4 is 10.5 Å². The lowest BCUT2D eigenvalue weighted by atomic mass is 9.97. The molecule has 1 heterocycles. The molecule has 2 N–H and O–H groups in total. The van der Waals surface area contributed by atoms with Crippen LogP contribution in [0.1, 0.15) is 30.1 Å². The molecule has 2 rings (SSSR count). The normalized spacial score (nSPS) is 20.5. The molecule has 1 amide bonds. The minimum absolute atomic E-state index is 0. The molecule has 1 aromatic rings. The van der Waals surface area contributed by atoms with E-state index in [9.17, 15) is 4.79 Å². The number of hydrogen-bond acceptors (Lipinski definition) is 4. The van der Waals surface area contributed by atoms with E-state index >= 15 is 0 Å². The fourth-order valence-electron chi connectivity index (χ4n) is 2.88. The van der Waals surface area contributed by atoms with E-state index in [0.717, 1.165) is 19.4 Å². The summed E-state index contributed by atoms with van der Waals surface area (Å²) in [7, 11) is 5.48. The van der Waals surface area contributed by atoms with E-state index in [1.54, 1.807) is 17.0 Å². The maximum atomic E-state index is 12.8. The first kappa shape index (κ1) is 23.1. The van der Waals surface area contributed by atoms with Gasteiger partial charge < -0.3 is 20.3 Å². The Morgan fingerprint density at radius 1 is 1.42 bits per heavy atom. The van der Waals surface area contributed by atoms with Crippen molar-refractivity contribution in [3.05, 3.63) is 22.7 Å². The molecule has 1 saturated heterocycles. The van der Waals surface area contributed by atoms with Crippen LogP contribution in [0, 0.1) is 0 Å². The van der Waals surface area contributed by atoms with Crippen LogP contribution in [-0.4, -0.2) is 55.5 Å². The molecule has 1 aliphatic heterocycles. The topological polar surface area (TPSA) is 58.8 Å². The Morgan fingerprint density at radius 3 is 2.58 bits per heavy atom. The average molecular weight is 399 g/mol. The Kier molecular flexibility index (Phi) is 9.21. The molecule has 0 saturated carbocycles. The molecular weight excluding hydrogens is 373 g/mol. The van der Waals surface area contributed by atoms with Crippen molar-refractivity contribution in [2.75, 3.05) is 33.5 Å². The molecule has 0 aliphatic carbocycles. The number of nitrogens with two attached hydrogens (primary N) is 1. The Hall–Kier alpha value is -0.880. The summed E-state index contributed by atoms with van der Waals surface area (Å²) in [6, 6.07) is 3.87. The first-order chi connectivity index (χ1) is 10.3. The van der Waals surface area contributed by atoms with Gasteiger partial charge in [0, 0.05) is 31.7 Å². The van der Waals surface area contributed by atoms with Crippen LogP contribution in [0.25, 0.3) is 0 Å². The number of likely N-dealkylation sites (tertiary alicyclic amines) is 1. The zero-order valence-electron chi connectivity index (χ0n) is 14.4. The Morgan fingerprint density at radius 2 is 2.04 bits per heavy atom. The minimum atomic E-state index is -0.0829. The smallest absolute Gasteiger partial charge is 0.257 e. The second-order valence-electron chi connectivity index (χ2n) is 6.00. The minimum Gasteiger partial charge on any atom is -0.496 e. The van der Waals surface area contributed by atoms with E-state index in [0.29, 0.717) is 28.1 Å². The molecule has 0 spiro atoms. The zero-order valence-corrected chi connectivity index (χ0v) is 16.8. The van der Waals surface area contributed by atoms with Crippen molar-refractivity contribution in [1.82, 2.24) is 9.80 Å². The van der Waals surface area contributed by atoms with E-state index in [1.165, 1.54) is 7.11 Å². The highest BCUT2D eigenvalue weighted by molar-refractivity contribution is 6.33. The van der Waals surface area contributed by atoms with Crippen LogP contribution in [0.4, 0.5) is 5.69 Å². The molecular formula is C16H26Cl3N3O2. The van der Waals surface area contributed by atoms with E-state index in [2.05, 4.69) is 18.9 Å². The summed E-state index contributed by atoms with van der Waals surface area (Å²) in [5.74, 6) is 0.375. The van der Waals surface area contributed by atoms with Gasteiger partial charge in [-0.15, -0.1) is 24.8 Å². The first-order valence-corrected chi connectivity index (χ1v) is 7.83. The number of benzene rings is 1. The van der Waals surface area contributed by atoms with E-state index < -0.39 is 0 Å². The van der Waals surface area contributed by atoms with Crippen LogP contribution in [0.2, 0.25) is 5.02 Å². The summed E-state index contributed by atoms with van der Waals surface area (Å²) >= 11 is 6.06. The van der Waals surface area contributed by atoms with Crippen molar-refractivity contribution in [3.63, 3.8) is 0 Å². The quantitative estimate of drug-likeness (QED) is 0.793. The number of ether oxygens (including phenoxy) is 1. The van der Waals surface area contributed by atoms with Gasteiger partial charge in [-0.3, -0.25) is 4.79 Å². The standard InChI is InChI=1S/C16H24ClN3O2.2ClH/c1-10-7-11(5-6-19(10)2)20(3)16(21)12-8-13(17)14(18)9-15(12)22-4;;/h8-11H,5-7,18H2,1-4H3;2*1H. The third kappa shape index (κ3) is 4.82. The van der Waals surface area contributed by atoms with E-state index in [-0.39, 0.29) is 36.8 Å². The number of amides is 1. The zero-order chi connectivity index (χ0) is 16.4. The number of nitrogens with zero attached hydrogens (tertiary/aromatic N) is 2. The fraction of sp³-hybridized carbons (Fsp3) is 0.562. The molecule has 1 fully saturated rings. The number of anilines is 1. The maximum Gasteiger partial charge on any atom is 0.257 e. The van der Waals surface area contributed by atoms with Crippen molar-refractivity contribution in [1.29, 1.82) is 0 Å². The van der Waals surface area contributed by atoms with Crippen LogP contribution in [0.15, 0.2) is 12.1 Å². The lowest BCUT2D eigenvalue weighted by Gasteiger charge is -2.39. The predicted molar refractivity (Wildman–Crippen MR) is 104 cm³/mol. The highest BCUT2D eigenvalue weighted by Gasteiger charge is 2.29. The number of carbonyl (C=O) groups excluding carboxylic acids is 1. The molecule has 1 aliphatic rings. The number of halogens is 3. The summed E-state index contributed by atoms with van der Waals surface area (Å²) in [6.07, 6.45) is 1.93. The third-order valence-electron chi connectivity index (χ3n) is 4.60. The highest BCUT2D eigenvalue weighted by atomic mass is 35.5. The fourth-order valence-corrected chi connectivity index (χ4v) is 3.04. The monoisotopic (exact) mass is 397 g/mol. The average Bonchev–Trinajstić information content (AvgIpc) is 2.50. The summed E-state index contributed by atoms with van der Waals surface area (Å²) in [4.78, 5) is 16.9. The highest BCUT2D eigenvalue weighted by Crippen LogP contribution is 2.31. The first-order valence-electron chi connectivity index (χ1n) is 7.45. The third-order valence-corrected chi connectivity index (χ3v) is 4.93. The summed E-state index contributed by atoms with van der Waals surface area (Å²) in [6.45, 7) is 3.17. The molecule has 2 unspecified atom stereocenters. The molecule has 5 nitrogen and oxygen atoms in total. The maximum absolute atomic E-state index is 12.8. The second kappa shape index (κ2) is 9.56. The summed E-state index contributed by atoms with van der Waals surface area (Å²) < 4.78 is 5.28. The molecule has 138 valence electrons. The van der Waals surface area contributed by atoms with Crippen molar-refractivity contribution < 1.29 is 9.53 Å². The van der Waals surface area contributed by atoms with Gasteiger partial charge in [0.15, 0.2) is 0 Å². The molecule has 0 aromatic heterocycles. The van der Waals surface area contributed by atoms with Crippen molar-refractivity contribution in [2.24, 2.45) is 0 Å². The number of carbonyl (C=O) groups is 1. The van der Waals surface area contributed by atoms with Gasteiger partial charge in [0.05, 0.1) is 23.4 Å². The van der Waals surface area contributed by atoms with Crippen molar-refractivity contribution in [2.45, 2.75) is 31.8 Å². The molecule has 0 radical (unpaired) electrons.